The molecule has 1 aromatic carbocycles. The van der Waals surface area contributed by atoms with Crippen LogP contribution in [0.3, 0.4) is 0 Å². The quantitative estimate of drug-likeness (QED) is 0.723. The fourth-order valence-electron chi connectivity index (χ4n) is 1.38. The summed E-state index contributed by atoms with van der Waals surface area (Å²) in [5, 5.41) is 15.0. The van der Waals surface area contributed by atoms with E-state index in [1.807, 2.05) is 13.8 Å². The topological polar surface area (TPSA) is 61.4 Å². The minimum atomic E-state index is -0.411. The second-order valence-electron chi connectivity index (χ2n) is 4.10. The van der Waals surface area contributed by atoms with Gasteiger partial charge in [-0.1, -0.05) is 0 Å². The summed E-state index contributed by atoms with van der Waals surface area (Å²) in [6.07, 6.45) is 0. The maximum absolute atomic E-state index is 12.9. The van der Waals surface area contributed by atoms with Crippen molar-refractivity contribution in [2.45, 2.75) is 26.4 Å². The minimum absolute atomic E-state index is 0.0168. The lowest BCUT2D eigenvalue weighted by Crippen LogP contribution is -2.37. The van der Waals surface area contributed by atoms with Gasteiger partial charge >= 0.3 is 0 Å². The fraction of sp³-hybridized carbons (Fsp3) is 0.417. The molecule has 5 heteroatoms. The second kappa shape index (κ2) is 6.20. The molecular formula is C12H17FN2O2. The first kappa shape index (κ1) is 13.4. The van der Waals surface area contributed by atoms with Crippen LogP contribution >= 0.6 is 0 Å². The van der Waals surface area contributed by atoms with Crippen LogP contribution in [0.4, 0.5) is 4.39 Å². The van der Waals surface area contributed by atoms with Crippen molar-refractivity contribution in [2.75, 3.05) is 6.54 Å². The molecular weight excluding hydrogens is 223 g/mol. The van der Waals surface area contributed by atoms with E-state index >= 15 is 0 Å². The number of amides is 1. The number of phenolic OH excluding ortho intramolecular Hbond substituents is 1. The molecule has 0 unspecified atom stereocenters. The van der Waals surface area contributed by atoms with Crippen molar-refractivity contribution in [3.63, 3.8) is 0 Å². The highest BCUT2D eigenvalue weighted by Crippen LogP contribution is 2.17. The van der Waals surface area contributed by atoms with Gasteiger partial charge in [0.1, 0.15) is 11.6 Å². The zero-order chi connectivity index (χ0) is 12.8. The predicted molar refractivity (Wildman–Crippen MR) is 63.1 cm³/mol. The van der Waals surface area contributed by atoms with Gasteiger partial charge in [0.25, 0.3) is 0 Å². The molecule has 0 aromatic heterocycles. The maximum Gasteiger partial charge on any atom is 0.234 e. The Hall–Kier alpha value is -1.62. The first-order chi connectivity index (χ1) is 7.99. The number of aromatic hydroxyl groups is 1. The Morgan fingerprint density at radius 3 is 2.82 bits per heavy atom. The third kappa shape index (κ3) is 4.82. The summed E-state index contributed by atoms with van der Waals surface area (Å²) >= 11 is 0. The number of hydrogen-bond acceptors (Lipinski definition) is 3. The maximum atomic E-state index is 12.9. The number of halogens is 1. The van der Waals surface area contributed by atoms with Gasteiger partial charge in [0, 0.05) is 18.2 Å². The Labute approximate surface area is 99.8 Å². The molecule has 17 heavy (non-hydrogen) atoms. The van der Waals surface area contributed by atoms with Crippen molar-refractivity contribution >= 4 is 5.91 Å². The van der Waals surface area contributed by atoms with E-state index in [0.29, 0.717) is 5.56 Å². The van der Waals surface area contributed by atoms with Gasteiger partial charge in [0.2, 0.25) is 5.91 Å². The van der Waals surface area contributed by atoms with Crippen LogP contribution in [0.5, 0.6) is 5.75 Å². The van der Waals surface area contributed by atoms with E-state index in [1.54, 1.807) is 0 Å². The molecule has 4 nitrogen and oxygen atoms in total. The van der Waals surface area contributed by atoms with Crippen LogP contribution in [0.1, 0.15) is 19.4 Å². The molecule has 0 aliphatic carbocycles. The molecule has 0 saturated heterocycles. The first-order valence-electron chi connectivity index (χ1n) is 5.46. The van der Waals surface area contributed by atoms with E-state index in [2.05, 4.69) is 10.6 Å². The summed E-state index contributed by atoms with van der Waals surface area (Å²) in [4.78, 5) is 11.3. The average molecular weight is 240 g/mol. The van der Waals surface area contributed by atoms with E-state index in [0.717, 1.165) is 0 Å². The standard InChI is InChI=1S/C12H17FN2O2/c1-8(2)15-12(17)7-14-6-9-5-10(13)3-4-11(9)16/h3-5,8,14,16H,6-7H2,1-2H3,(H,15,17). The number of rotatable bonds is 5. The van der Waals surface area contributed by atoms with Gasteiger partial charge in [0.05, 0.1) is 6.54 Å². The van der Waals surface area contributed by atoms with Crippen molar-refractivity contribution in [1.29, 1.82) is 0 Å². The van der Waals surface area contributed by atoms with Crippen LogP contribution in [0.15, 0.2) is 18.2 Å². The zero-order valence-corrected chi connectivity index (χ0v) is 9.96. The van der Waals surface area contributed by atoms with Gasteiger partial charge in [-0.05, 0) is 32.0 Å². The molecule has 0 fully saturated rings. The Morgan fingerprint density at radius 2 is 2.18 bits per heavy atom. The van der Waals surface area contributed by atoms with Gasteiger partial charge in [-0.25, -0.2) is 4.39 Å². The molecule has 3 N–H and O–H groups in total. The summed E-state index contributed by atoms with van der Waals surface area (Å²) in [7, 11) is 0. The average Bonchev–Trinajstić information content (AvgIpc) is 2.22. The first-order valence-corrected chi connectivity index (χ1v) is 5.46. The normalized spacial score (nSPS) is 10.6. The van der Waals surface area contributed by atoms with Crippen LogP contribution in [0.2, 0.25) is 0 Å². The van der Waals surface area contributed by atoms with Gasteiger partial charge in [0.15, 0.2) is 0 Å². The third-order valence-corrected chi connectivity index (χ3v) is 2.09. The molecule has 94 valence electrons. The molecule has 0 aliphatic rings. The van der Waals surface area contributed by atoms with Crippen molar-refractivity contribution in [1.82, 2.24) is 10.6 Å². The van der Waals surface area contributed by atoms with Gasteiger partial charge in [-0.15, -0.1) is 0 Å². The van der Waals surface area contributed by atoms with Crippen LogP contribution in [0, 0.1) is 5.82 Å². The van der Waals surface area contributed by atoms with Crippen molar-refractivity contribution in [3.05, 3.63) is 29.6 Å². The molecule has 0 aliphatic heterocycles. The number of carbonyl (C=O) groups is 1. The predicted octanol–water partition coefficient (Wildman–Crippen LogP) is 1.15. The molecule has 0 spiro atoms. The highest BCUT2D eigenvalue weighted by Gasteiger charge is 2.05. The zero-order valence-electron chi connectivity index (χ0n) is 9.96. The van der Waals surface area contributed by atoms with E-state index in [4.69, 9.17) is 0 Å². The van der Waals surface area contributed by atoms with Gasteiger partial charge in [-0.3, -0.25) is 4.79 Å². The fourth-order valence-corrected chi connectivity index (χ4v) is 1.38. The number of hydrogen-bond donors (Lipinski definition) is 3. The Bertz CT molecular complexity index is 394. The van der Waals surface area contributed by atoms with E-state index in [1.165, 1.54) is 18.2 Å². The summed E-state index contributed by atoms with van der Waals surface area (Å²) in [5.41, 5.74) is 0.433. The highest BCUT2D eigenvalue weighted by molar-refractivity contribution is 5.78. The minimum Gasteiger partial charge on any atom is -0.508 e. The number of benzene rings is 1. The molecule has 0 saturated carbocycles. The molecule has 0 bridgehead atoms. The number of carbonyl (C=O) groups excluding carboxylic acids is 1. The highest BCUT2D eigenvalue weighted by atomic mass is 19.1. The van der Waals surface area contributed by atoms with Gasteiger partial charge < -0.3 is 15.7 Å². The van der Waals surface area contributed by atoms with Crippen LogP contribution in [0.25, 0.3) is 0 Å². The molecule has 1 rings (SSSR count). The largest absolute Gasteiger partial charge is 0.508 e. The molecule has 0 atom stereocenters. The number of nitrogens with one attached hydrogen (secondary N) is 2. The van der Waals surface area contributed by atoms with E-state index in [-0.39, 0.29) is 30.8 Å². The lowest BCUT2D eigenvalue weighted by atomic mass is 10.2. The van der Waals surface area contributed by atoms with Crippen molar-refractivity contribution < 1.29 is 14.3 Å². The summed E-state index contributed by atoms with van der Waals surface area (Å²) in [6, 6.07) is 3.81. The van der Waals surface area contributed by atoms with Crippen LogP contribution < -0.4 is 10.6 Å². The SMILES string of the molecule is CC(C)NC(=O)CNCc1cc(F)ccc1O. The summed E-state index contributed by atoms with van der Waals surface area (Å²) < 4.78 is 12.9. The van der Waals surface area contributed by atoms with Crippen molar-refractivity contribution in [3.8, 4) is 5.75 Å². The Kier molecular flexibility index (Phi) is 4.90. The third-order valence-electron chi connectivity index (χ3n) is 2.09. The molecule has 0 heterocycles. The van der Waals surface area contributed by atoms with E-state index < -0.39 is 5.82 Å². The van der Waals surface area contributed by atoms with Crippen LogP contribution in [-0.4, -0.2) is 23.6 Å². The molecule has 0 radical (unpaired) electrons. The lowest BCUT2D eigenvalue weighted by Gasteiger charge is -2.10. The summed E-state index contributed by atoms with van der Waals surface area (Å²) in [6.45, 7) is 4.12. The lowest BCUT2D eigenvalue weighted by molar-refractivity contribution is -0.120. The van der Waals surface area contributed by atoms with Gasteiger partial charge in [-0.2, -0.15) is 0 Å². The Morgan fingerprint density at radius 1 is 1.47 bits per heavy atom. The molecule has 1 aromatic rings. The second-order valence-corrected chi connectivity index (χ2v) is 4.10. The smallest absolute Gasteiger partial charge is 0.234 e. The summed E-state index contributed by atoms with van der Waals surface area (Å²) in [5.74, 6) is -0.523. The van der Waals surface area contributed by atoms with Crippen molar-refractivity contribution in [2.24, 2.45) is 0 Å². The monoisotopic (exact) mass is 240 g/mol. The van der Waals surface area contributed by atoms with Crippen LogP contribution in [-0.2, 0) is 11.3 Å². The Balaban J connectivity index is 2.40. The van der Waals surface area contributed by atoms with E-state index in [9.17, 15) is 14.3 Å². The molecule has 1 amide bonds. The number of phenols is 1.